The van der Waals surface area contributed by atoms with Crippen LogP contribution in [-0.4, -0.2) is 4.98 Å². The average Bonchev–Trinajstić information content (AvgIpc) is 2.33. The fourth-order valence-corrected chi connectivity index (χ4v) is 1.96. The molecule has 16 heavy (non-hydrogen) atoms. The molecule has 1 aromatic heterocycles. The van der Waals surface area contributed by atoms with Crippen molar-refractivity contribution in [1.29, 1.82) is 0 Å². The lowest BCUT2D eigenvalue weighted by atomic mass is 10.0. The zero-order chi connectivity index (χ0) is 11.4. The van der Waals surface area contributed by atoms with Crippen molar-refractivity contribution in [3.63, 3.8) is 0 Å². The SMILES string of the molecule is NC(Cc1ccc(I)cc1)c1ccncc1. The van der Waals surface area contributed by atoms with Crippen molar-refractivity contribution in [1.82, 2.24) is 4.98 Å². The van der Waals surface area contributed by atoms with Gasteiger partial charge in [-0.3, -0.25) is 4.98 Å². The molecule has 0 aliphatic carbocycles. The van der Waals surface area contributed by atoms with Gasteiger partial charge in [-0.15, -0.1) is 0 Å². The first kappa shape index (κ1) is 11.5. The van der Waals surface area contributed by atoms with E-state index in [1.165, 1.54) is 9.13 Å². The van der Waals surface area contributed by atoms with Gasteiger partial charge in [-0.1, -0.05) is 12.1 Å². The van der Waals surface area contributed by atoms with Crippen molar-refractivity contribution in [3.8, 4) is 0 Å². The zero-order valence-corrected chi connectivity index (χ0v) is 11.0. The quantitative estimate of drug-likeness (QED) is 0.882. The lowest BCUT2D eigenvalue weighted by molar-refractivity contribution is 0.720. The Balaban J connectivity index is 2.08. The number of benzene rings is 1. The second-order valence-electron chi connectivity index (χ2n) is 3.72. The first-order chi connectivity index (χ1) is 7.75. The van der Waals surface area contributed by atoms with Crippen molar-refractivity contribution in [3.05, 3.63) is 63.5 Å². The Kier molecular flexibility index (Phi) is 3.90. The van der Waals surface area contributed by atoms with Gasteiger partial charge in [0.2, 0.25) is 0 Å². The van der Waals surface area contributed by atoms with E-state index in [0.717, 1.165) is 12.0 Å². The molecular weight excluding hydrogens is 311 g/mol. The number of hydrogen-bond acceptors (Lipinski definition) is 2. The van der Waals surface area contributed by atoms with Gasteiger partial charge in [0.15, 0.2) is 0 Å². The smallest absolute Gasteiger partial charge is 0.0336 e. The van der Waals surface area contributed by atoms with E-state index in [1.54, 1.807) is 12.4 Å². The van der Waals surface area contributed by atoms with Gasteiger partial charge in [0.1, 0.15) is 0 Å². The zero-order valence-electron chi connectivity index (χ0n) is 8.81. The second kappa shape index (κ2) is 5.41. The molecule has 1 heterocycles. The van der Waals surface area contributed by atoms with Gasteiger partial charge in [-0.25, -0.2) is 0 Å². The van der Waals surface area contributed by atoms with E-state index in [4.69, 9.17) is 5.73 Å². The van der Waals surface area contributed by atoms with E-state index in [-0.39, 0.29) is 6.04 Å². The van der Waals surface area contributed by atoms with E-state index >= 15 is 0 Å². The highest BCUT2D eigenvalue weighted by Crippen LogP contribution is 2.16. The Morgan fingerprint density at radius 3 is 2.31 bits per heavy atom. The molecule has 82 valence electrons. The molecule has 0 spiro atoms. The number of pyridine rings is 1. The lowest BCUT2D eigenvalue weighted by Crippen LogP contribution is -2.13. The predicted octanol–water partition coefficient (Wildman–Crippen LogP) is 2.93. The van der Waals surface area contributed by atoms with E-state index in [2.05, 4.69) is 51.8 Å². The minimum atomic E-state index is 0.0445. The number of hydrogen-bond donors (Lipinski definition) is 1. The topological polar surface area (TPSA) is 38.9 Å². The standard InChI is InChI=1S/C13H13IN2/c14-12-3-1-10(2-4-12)9-13(15)11-5-7-16-8-6-11/h1-8,13H,9,15H2. The summed E-state index contributed by atoms with van der Waals surface area (Å²) in [6.45, 7) is 0. The summed E-state index contributed by atoms with van der Waals surface area (Å²) in [6, 6.07) is 12.5. The molecule has 2 nitrogen and oxygen atoms in total. The first-order valence-electron chi connectivity index (χ1n) is 5.15. The summed E-state index contributed by atoms with van der Waals surface area (Å²) in [4.78, 5) is 3.99. The summed E-state index contributed by atoms with van der Waals surface area (Å²) < 4.78 is 1.25. The maximum atomic E-state index is 6.14. The van der Waals surface area contributed by atoms with Crippen LogP contribution in [0.2, 0.25) is 0 Å². The van der Waals surface area contributed by atoms with Gasteiger partial charge in [0, 0.05) is 22.0 Å². The molecule has 0 amide bonds. The lowest BCUT2D eigenvalue weighted by Gasteiger charge is -2.11. The van der Waals surface area contributed by atoms with E-state index in [1.807, 2.05) is 12.1 Å². The van der Waals surface area contributed by atoms with E-state index in [0.29, 0.717) is 0 Å². The molecule has 1 atom stereocenters. The number of nitrogens with zero attached hydrogens (tertiary/aromatic N) is 1. The van der Waals surface area contributed by atoms with Crippen molar-refractivity contribution < 1.29 is 0 Å². The molecule has 0 bridgehead atoms. The number of aromatic nitrogens is 1. The highest BCUT2D eigenvalue weighted by Gasteiger charge is 2.06. The summed E-state index contributed by atoms with van der Waals surface area (Å²) in [5.74, 6) is 0. The van der Waals surface area contributed by atoms with Crippen LogP contribution in [0.4, 0.5) is 0 Å². The summed E-state index contributed by atoms with van der Waals surface area (Å²) in [6.07, 6.45) is 4.42. The fourth-order valence-electron chi connectivity index (χ4n) is 1.60. The van der Waals surface area contributed by atoms with Gasteiger partial charge >= 0.3 is 0 Å². The van der Waals surface area contributed by atoms with Crippen LogP contribution in [0.15, 0.2) is 48.8 Å². The Hall–Kier alpha value is -0.940. The van der Waals surface area contributed by atoms with Gasteiger partial charge in [0.05, 0.1) is 0 Å². The van der Waals surface area contributed by atoms with Crippen LogP contribution >= 0.6 is 22.6 Å². The highest BCUT2D eigenvalue weighted by molar-refractivity contribution is 14.1. The molecule has 2 N–H and O–H groups in total. The molecule has 2 aromatic rings. The van der Waals surface area contributed by atoms with Crippen LogP contribution < -0.4 is 5.73 Å². The van der Waals surface area contributed by atoms with Crippen molar-refractivity contribution >= 4 is 22.6 Å². The average molecular weight is 324 g/mol. The van der Waals surface area contributed by atoms with Gasteiger partial charge in [0.25, 0.3) is 0 Å². The first-order valence-corrected chi connectivity index (χ1v) is 6.23. The minimum Gasteiger partial charge on any atom is -0.324 e. The Labute approximate surface area is 109 Å². The molecule has 1 unspecified atom stereocenters. The summed E-state index contributed by atoms with van der Waals surface area (Å²) in [5.41, 5.74) is 8.54. The Morgan fingerprint density at radius 2 is 1.69 bits per heavy atom. The molecule has 0 fully saturated rings. The molecular formula is C13H13IN2. The van der Waals surface area contributed by atoms with Crippen LogP contribution in [0.5, 0.6) is 0 Å². The monoisotopic (exact) mass is 324 g/mol. The van der Waals surface area contributed by atoms with Crippen LogP contribution in [0.25, 0.3) is 0 Å². The van der Waals surface area contributed by atoms with Gasteiger partial charge in [-0.05, 0) is 64.4 Å². The summed E-state index contributed by atoms with van der Waals surface area (Å²) >= 11 is 2.30. The third kappa shape index (κ3) is 3.02. The molecule has 0 aliphatic rings. The summed E-state index contributed by atoms with van der Waals surface area (Å²) in [7, 11) is 0. The molecule has 0 radical (unpaired) electrons. The van der Waals surface area contributed by atoms with Crippen LogP contribution in [-0.2, 0) is 6.42 Å². The predicted molar refractivity (Wildman–Crippen MR) is 74.0 cm³/mol. The van der Waals surface area contributed by atoms with Crippen molar-refractivity contribution in [2.24, 2.45) is 5.73 Å². The highest BCUT2D eigenvalue weighted by atomic mass is 127. The molecule has 0 aliphatic heterocycles. The van der Waals surface area contributed by atoms with Gasteiger partial charge < -0.3 is 5.73 Å². The normalized spacial score (nSPS) is 12.4. The molecule has 0 saturated heterocycles. The third-order valence-corrected chi connectivity index (χ3v) is 3.22. The van der Waals surface area contributed by atoms with E-state index < -0.39 is 0 Å². The number of halogens is 1. The van der Waals surface area contributed by atoms with E-state index in [9.17, 15) is 0 Å². The Morgan fingerprint density at radius 1 is 1.06 bits per heavy atom. The number of rotatable bonds is 3. The van der Waals surface area contributed by atoms with Crippen molar-refractivity contribution in [2.75, 3.05) is 0 Å². The summed E-state index contributed by atoms with van der Waals surface area (Å²) in [5, 5.41) is 0. The fraction of sp³-hybridized carbons (Fsp3) is 0.154. The molecule has 0 saturated carbocycles. The molecule has 1 aromatic carbocycles. The second-order valence-corrected chi connectivity index (χ2v) is 4.96. The molecule has 3 heteroatoms. The molecule has 2 rings (SSSR count). The minimum absolute atomic E-state index is 0.0445. The maximum Gasteiger partial charge on any atom is 0.0336 e. The van der Waals surface area contributed by atoms with Crippen LogP contribution in [0.1, 0.15) is 17.2 Å². The maximum absolute atomic E-state index is 6.14. The van der Waals surface area contributed by atoms with Crippen LogP contribution in [0.3, 0.4) is 0 Å². The largest absolute Gasteiger partial charge is 0.324 e. The third-order valence-electron chi connectivity index (χ3n) is 2.50. The van der Waals surface area contributed by atoms with Gasteiger partial charge in [-0.2, -0.15) is 0 Å². The van der Waals surface area contributed by atoms with Crippen molar-refractivity contribution in [2.45, 2.75) is 12.5 Å². The Bertz CT molecular complexity index is 439. The number of nitrogens with two attached hydrogens (primary N) is 1. The van der Waals surface area contributed by atoms with Crippen LogP contribution in [0, 0.1) is 3.57 Å².